The first-order valence-electron chi connectivity index (χ1n) is 9.53. The second-order valence-corrected chi connectivity index (χ2v) is 8.84. The van der Waals surface area contributed by atoms with Crippen molar-refractivity contribution in [3.05, 3.63) is 65.3 Å². The van der Waals surface area contributed by atoms with Crippen molar-refractivity contribution in [2.24, 2.45) is 0 Å². The van der Waals surface area contributed by atoms with Gasteiger partial charge in [0.15, 0.2) is 0 Å². The molecule has 31 heavy (non-hydrogen) atoms. The van der Waals surface area contributed by atoms with Gasteiger partial charge in [0.2, 0.25) is 5.65 Å². The summed E-state index contributed by atoms with van der Waals surface area (Å²) in [6, 6.07) is 13.7. The largest absolute Gasteiger partial charge is 0.512 e. The van der Waals surface area contributed by atoms with Crippen LogP contribution < -0.4 is 10.1 Å². The Bertz CT molecular complexity index is 1310. The monoisotopic (exact) mass is 432 g/mol. The van der Waals surface area contributed by atoms with E-state index in [1.807, 2.05) is 63.2 Å². The van der Waals surface area contributed by atoms with Crippen molar-refractivity contribution in [2.45, 2.75) is 26.3 Å². The van der Waals surface area contributed by atoms with Crippen molar-refractivity contribution in [1.82, 2.24) is 14.4 Å². The minimum absolute atomic E-state index is 0.0705. The van der Waals surface area contributed by atoms with Crippen LogP contribution >= 0.6 is 11.3 Å². The lowest BCUT2D eigenvalue weighted by Gasteiger charge is -2.22. The molecule has 3 heterocycles. The molecule has 0 fully saturated rings. The quantitative estimate of drug-likeness (QED) is 0.345. The molecule has 0 atom stereocenters. The van der Waals surface area contributed by atoms with Gasteiger partial charge in [-0.3, -0.25) is 4.40 Å². The van der Waals surface area contributed by atoms with E-state index in [1.54, 1.807) is 10.6 Å². The number of rotatable bonds is 3. The maximum Gasteiger partial charge on any atom is 0.512 e. The number of ether oxygens (including phenoxy) is 1. The number of nitrogens with one attached hydrogen (secondary N) is 1. The van der Waals surface area contributed by atoms with Crippen molar-refractivity contribution in [1.29, 1.82) is 0 Å². The zero-order valence-electron chi connectivity index (χ0n) is 17.2. The summed E-state index contributed by atoms with van der Waals surface area (Å²) in [5.74, 6) is 7.00. The predicted octanol–water partition coefficient (Wildman–Crippen LogP) is 5.12. The summed E-state index contributed by atoms with van der Waals surface area (Å²) in [6.45, 7) is 6.12. The molecule has 0 radical (unpaired) electrons. The van der Waals surface area contributed by atoms with Crippen LogP contribution in [0.15, 0.2) is 54.9 Å². The Hall–Kier alpha value is -3.83. The van der Waals surface area contributed by atoms with Crippen LogP contribution in [0, 0.1) is 11.8 Å². The first kappa shape index (κ1) is 20.4. The number of fused-ring (bicyclic) bond motifs is 1. The first-order valence-corrected chi connectivity index (χ1v) is 10.3. The summed E-state index contributed by atoms with van der Waals surface area (Å²) < 4.78 is 6.58. The van der Waals surface area contributed by atoms with Gasteiger partial charge in [-0.25, -0.2) is 14.8 Å². The number of carbonyl (C=O) groups is 1. The van der Waals surface area contributed by atoms with Crippen LogP contribution in [0.25, 0.3) is 16.2 Å². The number of hydrogen-bond acceptors (Lipinski definition) is 6. The molecule has 0 spiro atoms. The number of aromatic nitrogens is 3. The summed E-state index contributed by atoms with van der Waals surface area (Å²) in [6.07, 6.45) is 1.76. The van der Waals surface area contributed by atoms with Gasteiger partial charge in [-0.2, -0.15) is 0 Å². The van der Waals surface area contributed by atoms with Crippen LogP contribution in [-0.4, -0.2) is 31.2 Å². The molecule has 0 saturated carbocycles. The summed E-state index contributed by atoms with van der Waals surface area (Å²) >= 11 is 1.51. The van der Waals surface area contributed by atoms with E-state index < -0.39 is 6.16 Å². The van der Waals surface area contributed by atoms with E-state index in [0.29, 0.717) is 11.3 Å². The Balaban J connectivity index is 1.80. The third-order valence-electron chi connectivity index (χ3n) is 4.13. The van der Waals surface area contributed by atoms with Crippen molar-refractivity contribution in [3.63, 3.8) is 0 Å². The lowest BCUT2D eigenvalue weighted by Crippen LogP contribution is -2.27. The van der Waals surface area contributed by atoms with Gasteiger partial charge in [0.1, 0.15) is 11.5 Å². The van der Waals surface area contributed by atoms with Crippen molar-refractivity contribution >= 4 is 29.0 Å². The van der Waals surface area contributed by atoms with E-state index in [2.05, 4.69) is 27.1 Å². The predicted molar refractivity (Wildman–Crippen MR) is 121 cm³/mol. The molecular weight excluding hydrogens is 412 g/mol. The Morgan fingerprint density at radius 2 is 1.94 bits per heavy atom. The molecule has 1 aromatic carbocycles. The van der Waals surface area contributed by atoms with Crippen LogP contribution in [0.5, 0.6) is 5.88 Å². The molecule has 0 unspecified atom stereocenters. The molecule has 7 nitrogen and oxygen atoms in total. The van der Waals surface area contributed by atoms with E-state index in [9.17, 15) is 4.79 Å². The van der Waals surface area contributed by atoms with Gasteiger partial charge >= 0.3 is 6.16 Å². The Labute approximate surface area is 183 Å². The SMILES string of the molecule is CC(C)(C)Nc1c(-c2ccc(C#Cc3ccccc3)s2)nc2c(OC(=O)O)nccn12. The summed E-state index contributed by atoms with van der Waals surface area (Å²) in [5, 5.41) is 12.5. The van der Waals surface area contributed by atoms with Gasteiger partial charge in [-0.15, -0.1) is 11.3 Å². The lowest BCUT2D eigenvalue weighted by atomic mass is 10.1. The van der Waals surface area contributed by atoms with Crippen molar-refractivity contribution in [2.75, 3.05) is 5.32 Å². The lowest BCUT2D eigenvalue weighted by molar-refractivity contribution is 0.143. The fraction of sp³-hybridized carbons (Fsp3) is 0.174. The summed E-state index contributed by atoms with van der Waals surface area (Å²) in [5.41, 5.74) is 1.68. The molecule has 0 aliphatic carbocycles. The van der Waals surface area contributed by atoms with Crippen LogP contribution in [0.4, 0.5) is 10.6 Å². The molecule has 8 heteroatoms. The maximum absolute atomic E-state index is 11.1. The standard InChI is InChI=1S/C23H20N4O3S/c1-23(2,3)26-19-18(25-20-21(30-22(28)29)24-13-14-27(19)20)17-12-11-16(31-17)10-9-15-7-5-4-6-8-15/h4-8,11-14,26H,1-3H3,(H,28,29). The normalized spacial score (nSPS) is 11.1. The highest BCUT2D eigenvalue weighted by Crippen LogP contribution is 2.36. The number of carboxylic acid groups (broad SMARTS) is 1. The van der Waals surface area contributed by atoms with E-state index >= 15 is 0 Å². The molecule has 0 bridgehead atoms. The number of nitrogens with zero attached hydrogens (tertiary/aromatic N) is 3. The van der Waals surface area contributed by atoms with Crippen molar-refractivity contribution < 1.29 is 14.6 Å². The minimum Gasteiger partial charge on any atom is -0.449 e. The summed E-state index contributed by atoms with van der Waals surface area (Å²) in [7, 11) is 0. The van der Waals surface area contributed by atoms with E-state index in [4.69, 9.17) is 9.84 Å². The van der Waals surface area contributed by atoms with Gasteiger partial charge < -0.3 is 15.2 Å². The zero-order valence-corrected chi connectivity index (χ0v) is 18.0. The van der Waals surface area contributed by atoms with Gasteiger partial charge in [-0.05, 0) is 45.0 Å². The fourth-order valence-corrected chi connectivity index (χ4v) is 3.79. The van der Waals surface area contributed by atoms with Crippen molar-refractivity contribution in [3.8, 4) is 28.3 Å². The molecule has 4 rings (SSSR count). The number of thiophene rings is 1. The summed E-state index contributed by atoms with van der Waals surface area (Å²) in [4.78, 5) is 21.6. The molecule has 4 aromatic rings. The molecule has 156 valence electrons. The zero-order chi connectivity index (χ0) is 22.0. The molecule has 0 aliphatic heterocycles. The number of benzene rings is 1. The second kappa shape index (κ2) is 8.13. The van der Waals surface area contributed by atoms with E-state index in [0.717, 1.165) is 21.1 Å². The third-order valence-corrected chi connectivity index (χ3v) is 5.14. The Kier molecular flexibility index (Phi) is 5.36. The molecule has 0 amide bonds. The highest BCUT2D eigenvalue weighted by molar-refractivity contribution is 7.16. The van der Waals surface area contributed by atoms with Crippen LogP contribution in [0.2, 0.25) is 0 Å². The van der Waals surface area contributed by atoms with Crippen LogP contribution in [-0.2, 0) is 0 Å². The number of anilines is 1. The van der Waals surface area contributed by atoms with Gasteiger partial charge in [0, 0.05) is 23.5 Å². The molecular formula is C23H20N4O3S. The van der Waals surface area contributed by atoms with Gasteiger partial charge in [-0.1, -0.05) is 30.0 Å². The first-order chi connectivity index (χ1) is 14.8. The van der Waals surface area contributed by atoms with Gasteiger partial charge in [0.05, 0.1) is 9.75 Å². The second-order valence-electron chi connectivity index (χ2n) is 7.76. The third kappa shape index (κ3) is 4.68. The average Bonchev–Trinajstić information content (AvgIpc) is 3.31. The van der Waals surface area contributed by atoms with Gasteiger partial charge in [0.25, 0.3) is 5.88 Å². The van der Waals surface area contributed by atoms with Crippen LogP contribution in [0.3, 0.4) is 0 Å². The highest BCUT2D eigenvalue weighted by atomic mass is 32.1. The topological polar surface area (TPSA) is 88.8 Å². The Morgan fingerprint density at radius 1 is 1.16 bits per heavy atom. The fourth-order valence-electron chi connectivity index (χ4n) is 2.94. The molecule has 0 saturated heterocycles. The van der Waals surface area contributed by atoms with E-state index in [1.165, 1.54) is 17.5 Å². The van der Waals surface area contributed by atoms with E-state index in [-0.39, 0.29) is 11.4 Å². The van der Waals surface area contributed by atoms with Crippen LogP contribution in [0.1, 0.15) is 31.2 Å². The highest BCUT2D eigenvalue weighted by Gasteiger charge is 2.23. The number of imidazole rings is 1. The average molecular weight is 433 g/mol. The Morgan fingerprint density at radius 3 is 2.65 bits per heavy atom. The molecule has 0 aliphatic rings. The maximum atomic E-state index is 11.1. The number of hydrogen-bond donors (Lipinski definition) is 2. The molecule has 3 aromatic heterocycles. The minimum atomic E-state index is -1.44. The molecule has 2 N–H and O–H groups in total. The smallest absolute Gasteiger partial charge is 0.449 e.